The molecular weight excluding hydrogens is 285 g/mol. The third-order valence-electron chi connectivity index (χ3n) is 3.69. The highest BCUT2D eigenvalue weighted by atomic mass is 35.5. The first-order valence-electron chi connectivity index (χ1n) is 6.80. The van der Waals surface area contributed by atoms with Crippen molar-refractivity contribution in [2.45, 2.75) is 6.04 Å². The summed E-state index contributed by atoms with van der Waals surface area (Å²) in [6, 6.07) is 18.6. The van der Waals surface area contributed by atoms with Crippen molar-refractivity contribution in [2.75, 3.05) is 7.05 Å². The molecule has 3 rings (SSSR count). The van der Waals surface area contributed by atoms with Gasteiger partial charge in [0.2, 0.25) is 0 Å². The van der Waals surface area contributed by atoms with Gasteiger partial charge in [0.25, 0.3) is 0 Å². The predicted molar refractivity (Wildman–Crippen MR) is 86.3 cm³/mol. The van der Waals surface area contributed by atoms with E-state index in [1.54, 1.807) is 6.07 Å². The number of hydrogen-bond donors (Lipinski definition) is 1. The Morgan fingerprint density at radius 2 is 1.71 bits per heavy atom. The number of fused-ring (bicyclic) bond motifs is 1. The van der Waals surface area contributed by atoms with E-state index in [1.165, 1.54) is 12.1 Å². The van der Waals surface area contributed by atoms with E-state index in [1.807, 2.05) is 31.3 Å². The zero-order valence-corrected chi connectivity index (χ0v) is 12.4. The van der Waals surface area contributed by atoms with Crippen LogP contribution >= 0.6 is 11.6 Å². The van der Waals surface area contributed by atoms with Crippen LogP contribution in [0.15, 0.2) is 60.7 Å². The Morgan fingerprint density at radius 3 is 2.52 bits per heavy atom. The Kier molecular flexibility index (Phi) is 3.91. The number of nitrogens with one attached hydrogen (secondary N) is 1. The Balaban J connectivity index is 2.21. The molecule has 0 fully saturated rings. The van der Waals surface area contributed by atoms with Gasteiger partial charge in [0.1, 0.15) is 5.82 Å². The van der Waals surface area contributed by atoms with Crippen molar-refractivity contribution in [3.05, 3.63) is 82.6 Å². The second kappa shape index (κ2) is 5.84. The van der Waals surface area contributed by atoms with Gasteiger partial charge < -0.3 is 5.32 Å². The molecular formula is C18H15ClFN. The van der Waals surface area contributed by atoms with Crippen molar-refractivity contribution in [1.29, 1.82) is 0 Å². The van der Waals surface area contributed by atoms with Crippen molar-refractivity contribution >= 4 is 22.4 Å². The topological polar surface area (TPSA) is 12.0 Å². The fourth-order valence-electron chi connectivity index (χ4n) is 2.72. The first-order valence-corrected chi connectivity index (χ1v) is 7.18. The summed E-state index contributed by atoms with van der Waals surface area (Å²) in [4.78, 5) is 0. The lowest BCUT2D eigenvalue weighted by Gasteiger charge is -2.20. The minimum atomic E-state index is -0.283. The van der Waals surface area contributed by atoms with Gasteiger partial charge in [-0.15, -0.1) is 0 Å². The lowest BCUT2D eigenvalue weighted by atomic mass is 9.94. The zero-order valence-electron chi connectivity index (χ0n) is 11.6. The minimum absolute atomic E-state index is 0.153. The minimum Gasteiger partial charge on any atom is -0.309 e. The molecule has 0 saturated heterocycles. The molecule has 0 spiro atoms. The Bertz CT molecular complexity index is 780. The molecule has 0 aliphatic carbocycles. The van der Waals surface area contributed by atoms with Crippen LogP contribution in [0.2, 0.25) is 5.02 Å². The third kappa shape index (κ3) is 2.65. The predicted octanol–water partition coefficient (Wildman–Crippen LogP) is 4.94. The average molecular weight is 300 g/mol. The number of hydrogen-bond acceptors (Lipinski definition) is 1. The van der Waals surface area contributed by atoms with Crippen LogP contribution in [-0.2, 0) is 0 Å². The summed E-state index contributed by atoms with van der Waals surface area (Å²) in [5, 5.41) is 6.10. The van der Waals surface area contributed by atoms with Crippen molar-refractivity contribution < 1.29 is 4.39 Å². The summed E-state index contributed by atoms with van der Waals surface area (Å²) in [6.07, 6.45) is 0. The molecule has 3 heteroatoms. The van der Waals surface area contributed by atoms with E-state index < -0.39 is 0 Å². The summed E-state index contributed by atoms with van der Waals surface area (Å²) in [7, 11) is 1.85. The largest absolute Gasteiger partial charge is 0.309 e. The molecule has 0 aliphatic heterocycles. The van der Waals surface area contributed by atoms with Gasteiger partial charge in [-0.3, -0.25) is 0 Å². The molecule has 1 atom stereocenters. The standard InChI is InChI=1S/C18H15ClFN/c1-21-18(16-11-13(20)9-10-17(16)19)15-8-4-6-12-5-2-3-7-14(12)15/h2-11,18,21H,1H3. The van der Waals surface area contributed by atoms with Gasteiger partial charge in [0.05, 0.1) is 6.04 Å². The van der Waals surface area contributed by atoms with E-state index in [9.17, 15) is 4.39 Å². The van der Waals surface area contributed by atoms with E-state index >= 15 is 0 Å². The van der Waals surface area contributed by atoms with E-state index in [-0.39, 0.29) is 11.9 Å². The van der Waals surface area contributed by atoms with E-state index in [4.69, 9.17) is 11.6 Å². The normalized spacial score (nSPS) is 12.5. The lowest BCUT2D eigenvalue weighted by molar-refractivity contribution is 0.617. The smallest absolute Gasteiger partial charge is 0.123 e. The van der Waals surface area contributed by atoms with Crippen LogP contribution in [-0.4, -0.2) is 7.05 Å². The summed E-state index contributed by atoms with van der Waals surface area (Å²) >= 11 is 6.26. The van der Waals surface area contributed by atoms with Gasteiger partial charge in [0, 0.05) is 5.02 Å². The number of benzene rings is 3. The molecule has 3 aromatic rings. The van der Waals surface area contributed by atoms with Gasteiger partial charge >= 0.3 is 0 Å². The van der Waals surface area contributed by atoms with Gasteiger partial charge in [-0.05, 0) is 47.1 Å². The van der Waals surface area contributed by atoms with Crippen LogP contribution in [0.3, 0.4) is 0 Å². The van der Waals surface area contributed by atoms with Gasteiger partial charge in [-0.1, -0.05) is 54.1 Å². The van der Waals surface area contributed by atoms with Crippen molar-refractivity contribution in [1.82, 2.24) is 5.32 Å². The highest BCUT2D eigenvalue weighted by Gasteiger charge is 2.18. The molecule has 106 valence electrons. The fraction of sp³-hybridized carbons (Fsp3) is 0.111. The molecule has 0 aliphatic rings. The maximum absolute atomic E-state index is 13.6. The Hall–Kier alpha value is -1.90. The van der Waals surface area contributed by atoms with Crippen molar-refractivity contribution in [2.24, 2.45) is 0 Å². The van der Waals surface area contributed by atoms with Crippen molar-refractivity contribution in [3.63, 3.8) is 0 Å². The van der Waals surface area contributed by atoms with Gasteiger partial charge in [-0.2, -0.15) is 0 Å². The first-order chi connectivity index (χ1) is 10.2. The van der Waals surface area contributed by atoms with Crippen molar-refractivity contribution in [3.8, 4) is 0 Å². The average Bonchev–Trinajstić information content (AvgIpc) is 2.51. The second-order valence-electron chi connectivity index (χ2n) is 4.96. The number of halogens is 2. The molecule has 0 saturated carbocycles. The molecule has 0 radical (unpaired) electrons. The lowest BCUT2D eigenvalue weighted by Crippen LogP contribution is -2.18. The van der Waals surface area contributed by atoms with E-state index in [2.05, 4.69) is 23.5 Å². The Morgan fingerprint density at radius 1 is 0.952 bits per heavy atom. The molecule has 3 aromatic carbocycles. The molecule has 0 amide bonds. The van der Waals surface area contributed by atoms with Crippen LogP contribution in [0.4, 0.5) is 4.39 Å². The quantitative estimate of drug-likeness (QED) is 0.722. The highest BCUT2D eigenvalue weighted by molar-refractivity contribution is 6.31. The summed E-state index contributed by atoms with van der Waals surface area (Å²) in [5.74, 6) is -0.283. The fourth-order valence-corrected chi connectivity index (χ4v) is 2.94. The zero-order chi connectivity index (χ0) is 14.8. The molecule has 0 bridgehead atoms. The number of rotatable bonds is 3. The maximum atomic E-state index is 13.6. The Labute approximate surface area is 128 Å². The molecule has 21 heavy (non-hydrogen) atoms. The highest BCUT2D eigenvalue weighted by Crippen LogP contribution is 2.32. The van der Waals surface area contributed by atoms with Crippen LogP contribution in [0, 0.1) is 5.82 Å². The van der Waals surface area contributed by atoms with E-state index in [0.717, 1.165) is 21.9 Å². The van der Waals surface area contributed by atoms with Gasteiger partial charge in [0.15, 0.2) is 0 Å². The van der Waals surface area contributed by atoms with Crippen LogP contribution in [0.1, 0.15) is 17.2 Å². The third-order valence-corrected chi connectivity index (χ3v) is 4.04. The summed E-state index contributed by atoms with van der Waals surface area (Å²) < 4.78 is 13.6. The molecule has 1 unspecified atom stereocenters. The van der Waals surface area contributed by atoms with Crippen LogP contribution in [0.25, 0.3) is 10.8 Å². The summed E-state index contributed by atoms with van der Waals surface area (Å²) in [5.41, 5.74) is 1.83. The van der Waals surface area contributed by atoms with Crippen LogP contribution in [0.5, 0.6) is 0 Å². The monoisotopic (exact) mass is 299 g/mol. The second-order valence-corrected chi connectivity index (χ2v) is 5.36. The molecule has 1 N–H and O–H groups in total. The van der Waals surface area contributed by atoms with E-state index in [0.29, 0.717) is 5.02 Å². The molecule has 1 nitrogen and oxygen atoms in total. The summed E-state index contributed by atoms with van der Waals surface area (Å²) in [6.45, 7) is 0. The van der Waals surface area contributed by atoms with Crippen LogP contribution < -0.4 is 5.32 Å². The SMILES string of the molecule is CNC(c1cc(F)ccc1Cl)c1cccc2ccccc12. The molecule has 0 aromatic heterocycles. The maximum Gasteiger partial charge on any atom is 0.123 e. The molecule has 0 heterocycles. The first kappa shape index (κ1) is 14.1. The van der Waals surface area contributed by atoms with Gasteiger partial charge in [-0.25, -0.2) is 4.39 Å².